The van der Waals surface area contributed by atoms with Gasteiger partial charge in [-0.3, -0.25) is 19.6 Å². The molecule has 0 aromatic heterocycles. The Bertz CT molecular complexity index is 1740. The van der Waals surface area contributed by atoms with E-state index in [-0.39, 0.29) is 16.4 Å². The largest absolute Gasteiger partial charge is 0.496 e. The molecule has 1 saturated heterocycles. The zero-order valence-electron chi connectivity index (χ0n) is 34.3. The molecular weight excluding hydrogens is 659 g/mol. The molecule has 8 heteroatoms. The number of fused-ring (bicyclic) bond motifs is 1. The number of hydrogen-bond donors (Lipinski definition) is 1. The Morgan fingerprint density at radius 1 is 1.04 bits per heavy atom. The summed E-state index contributed by atoms with van der Waals surface area (Å²) in [5.74, 6) is 1.74. The molecule has 4 aliphatic rings. The fourth-order valence-electron chi connectivity index (χ4n) is 9.64. The van der Waals surface area contributed by atoms with Gasteiger partial charge in [0.15, 0.2) is 0 Å². The van der Waals surface area contributed by atoms with E-state index in [9.17, 15) is 10.4 Å². The van der Waals surface area contributed by atoms with Crippen LogP contribution in [0, 0.1) is 16.7 Å². The van der Waals surface area contributed by atoms with E-state index in [1.54, 1.807) is 19.8 Å². The Hall–Kier alpha value is -3.19. The minimum Gasteiger partial charge on any atom is -0.496 e. The zero-order valence-corrected chi connectivity index (χ0v) is 34.3. The zero-order chi connectivity index (χ0) is 38.3. The number of hydrogen-bond acceptors (Lipinski definition) is 8. The standard InChI is InChI=1S/C45H65N5O3/c1-11-13-39-37-15-12-14-34(36(37)16-19-49(39)26-33(25-46)24-43(4,5)6)27-50-21-20-48(30-45(50)17-18-45)28-38-40(52-9)22-35(23-41(38)53-10)44(7)29-47(8)42(51)31(2)32(44)3/h12,14-15,22-24,39,42,51H,11,13,16-21,26-30H2,1-10H3/b33-24+/t39-,42?,44?/m1/s1. The molecule has 2 fully saturated rings. The maximum atomic E-state index is 10.7. The van der Waals surface area contributed by atoms with Crippen molar-refractivity contribution in [1.29, 1.82) is 5.26 Å². The van der Waals surface area contributed by atoms with E-state index < -0.39 is 6.23 Å². The van der Waals surface area contributed by atoms with Crippen LogP contribution in [-0.2, 0) is 24.9 Å². The third-order valence-corrected chi connectivity index (χ3v) is 12.9. The number of piperazine rings is 1. The summed E-state index contributed by atoms with van der Waals surface area (Å²) in [6.07, 6.45) is 7.33. The first-order valence-electron chi connectivity index (χ1n) is 19.9. The smallest absolute Gasteiger partial charge is 0.129 e. The fourth-order valence-corrected chi connectivity index (χ4v) is 9.64. The van der Waals surface area contributed by atoms with Gasteiger partial charge < -0.3 is 14.6 Å². The van der Waals surface area contributed by atoms with Crippen LogP contribution in [0.2, 0.25) is 0 Å². The molecule has 0 bridgehead atoms. The lowest BCUT2D eigenvalue weighted by Gasteiger charge is -2.44. The average molecular weight is 724 g/mol. The molecule has 3 atom stereocenters. The Morgan fingerprint density at radius 3 is 2.34 bits per heavy atom. The van der Waals surface area contributed by atoms with E-state index >= 15 is 0 Å². The average Bonchev–Trinajstić information content (AvgIpc) is 3.90. The third-order valence-electron chi connectivity index (χ3n) is 12.9. The molecule has 288 valence electrons. The number of benzene rings is 2. The van der Waals surface area contributed by atoms with Gasteiger partial charge in [-0.15, -0.1) is 0 Å². The number of ether oxygens (including phenoxy) is 2. The molecule has 0 amide bonds. The normalized spacial score (nSPS) is 25.7. The number of aliphatic hydroxyl groups is 1. The predicted molar refractivity (Wildman–Crippen MR) is 214 cm³/mol. The molecule has 8 nitrogen and oxygen atoms in total. The second-order valence-corrected chi connectivity index (χ2v) is 17.8. The number of methoxy groups -OCH3 is 2. The van der Waals surface area contributed by atoms with Crippen LogP contribution in [0.25, 0.3) is 0 Å². The minimum atomic E-state index is -0.556. The number of nitrogens with zero attached hydrogens (tertiary/aromatic N) is 5. The minimum absolute atomic E-state index is 0.00935. The summed E-state index contributed by atoms with van der Waals surface area (Å²) >= 11 is 0. The van der Waals surface area contributed by atoms with Crippen molar-refractivity contribution < 1.29 is 14.6 Å². The highest BCUT2D eigenvalue weighted by atomic mass is 16.5. The van der Waals surface area contributed by atoms with Gasteiger partial charge in [-0.1, -0.05) is 70.9 Å². The summed E-state index contributed by atoms with van der Waals surface area (Å²) in [7, 11) is 5.52. The lowest BCUT2D eigenvalue weighted by Crippen LogP contribution is -2.54. The first-order chi connectivity index (χ1) is 25.2. The van der Waals surface area contributed by atoms with Crippen LogP contribution in [0.1, 0.15) is 108 Å². The number of likely N-dealkylation sites (N-methyl/N-ethyl adjacent to an activating group) is 1. The van der Waals surface area contributed by atoms with Crippen LogP contribution in [0.15, 0.2) is 53.1 Å². The van der Waals surface area contributed by atoms with Gasteiger partial charge in [0.05, 0.1) is 25.9 Å². The van der Waals surface area contributed by atoms with Gasteiger partial charge in [0.25, 0.3) is 0 Å². The first-order valence-corrected chi connectivity index (χ1v) is 19.9. The van der Waals surface area contributed by atoms with E-state index in [1.807, 2.05) is 18.9 Å². The topological polar surface area (TPSA) is 75.4 Å². The second kappa shape index (κ2) is 15.5. The fraction of sp³-hybridized carbons (Fsp3) is 0.622. The van der Waals surface area contributed by atoms with Crippen LogP contribution in [0.3, 0.4) is 0 Å². The molecule has 2 unspecified atom stereocenters. The molecule has 0 radical (unpaired) electrons. The van der Waals surface area contributed by atoms with Crippen LogP contribution >= 0.6 is 0 Å². The van der Waals surface area contributed by atoms with Crippen molar-refractivity contribution in [3.05, 3.63) is 80.9 Å². The van der Waals surface area contributed by atoms with Gasteiger partial charge in [-0.2, -0.15) is 5.26 Å². The Labute approximate surface area is 320 Å². The summed E-state index contributed by atoms with van der Waals surface area (Å²) in [6.45, 7) is 22.5. The van der Waals surface area contributed by atoms with Gasteiger partial charge in [0.1, 0.15) is 17.7 Å². The molecule has 3 aliphatic heterocycles. The summed E-state index contributed by atoms with van der Waals surface area (Å²) in [6, 6.07) is 14.3. The van der Waals surface area contributed by atoms with Gasteiger partial charge >= 0.3 is 0 Å². The van der Waals surface area contributed by atoms with E-state index in [1.165, 1.54) is 29.5 Å². The maximum Gasteiger partial charge on any atom is 0.129 e. The highest BCUT2D eigenvalue weighted by Crippen LogP contribution is 2.48. The van der Waals surface area contributed by atoms with Gasteiger partial charge in [0.2, 0.25) is 0 Å². The van der Waals surface area contributed by atoms with Gasteiger partial charge in [-0.25, -0.2) is 0 Å². The highest BCUT2D eigenvalue weighted by molar-refractivity contribution is 5.53. The Kier molecular flexibility index (Phi) is 11.6. The van der Waals surface area contributed by atoms with E-state index in [0.29, 0.717) is 12.6 Å². The number of rotatable bonds is 11. The maximum absolute atomic E-state index is 10.7. The predicted octanol–water partition coefficient (Wildman–Crippen LogP) is 7.61. The van der Waals surface area contributed by atoms with Crippen molar-refractivity contribution in [2.24, 2.45) is 5.41 Å². The van der Waals surface area contributed by atoms with E-state index in [4.69, 9.17) is 9.47 Å². The van der Waals surface area contributed by atoms with Crippen molar-refractivity contribution in [1.82, 2.24) is 19.6 Å². The van der Waals surface area contributed by atoms with Crippen LogP contribution in [0.4, 0.5) is 0 Å². The summed E-state index contributed by atoms with van der Waals surface area (Å²) in [5.41, 5.74) is 9.78. The van der Waals surface area contributed by atoms with Crippen molar-refractivity contribution in [2.45, 2.75) is 117 Å². The molecule has 2 aromatic carbocycles. The number of aliphatic hydroxyl groups excluding tert-OH is 1. The number of nitriles is 1. The Morgan fingerprint density at radius 2 is 1.74 bits per heavy atom. The van der Waals surface area contributed by atoms with Crippen LogP contribution in [-0.4, -0.2) is 97.0 Å². The molecule has 1 aliphatic carbocycles. The van der Waals surface area contributed by atoms with Gasteiger partial charge in [-0.05, 0) is 92.0 Å². The lowest BCUT2D eigenvalue weighted by atomic mass is 9.71. The first kappa shape index (κ1) is 39.5. The van der Waals surface area contributed by atoms with E-state index in [0.717, 1.165) is 98.8 Å². The quantitative estimate of drug-likeness (QED) is 0.188. The monoisotopic (exact) mass is 724 g/mol. The van der Waals surface area contributed by atoms with Crippen molar-refractivity contribution in [3.63, 3.8) is 0 Å². The summed E-state index contributed by atoms with van der Waals surface area (Å²) in [4.78, 5) is 9.97. The summed E-state index contributed by atoms with van der Waals surface area (Å²) in [5, 5.41) is 20.7. The van der Waals surface area contributed by atoms with Crippen molar-refractivity contribution in [3.8, 4) is 17.6 Å². The molecule has 1 spiro atoms. The number of allylic oxidation sites excluding steroid dienone is 1. The molecule has 3 heterocycles. The lowest BCUT2D eigenvalue weighted by molar-refractivity contribution is 0.0281. The second-order valence-electron chi connectivity index (χ2n) is 17.8. The molecule has 1 saturated carbocycles. The Balaban J connectivity index is 1.19. The summed E-state index contributed by atoms with van der Waals surface area (Å²) < 4.78 is 12.2. The SMILES string of the molecule is CCC[C@@H]1c2cccc(CN3CCN(Cc4c(OC)cc(C5(C)CN(C)C(O)C(C)=C5C)cc4OC)CC34CC4)c2CCN1C/C(C#N)=C/C(C)(C)C. The van der Waals surface area contributed by atoms with Crippen molar-refractivity contribution >= 4 is 0 Å². The molecule has 53 heavy (non-hydrogen) atoms. The molecular formula is C45H65N5O3. The molecule has 2 aromatic rings. The van der Waals surface area contributed by atoms with Crippen molar-refractivity contribution in [2.75, 3.05) is 60.5 Å². The van der Waals surface area contributed by atoms with E-state index in [2.05, 4.69) is 98.7 Å². The highest BCUT2D eigenvalue weighted by Gasteiger charge is 2.51. The molecule has 1 N–H and O–H groups in total. The molecule has 6 rings (SSSR count). The van der Waals surface area contributed by atoms with Crippen LogP contribution in [0.5, 0.6) is 11.5 Å². The van der Waals surface area contributed by atoms with Crippen LogP contribution < -0.4 is 9.47 Å². The van der Waals surface area contributed by atoms with Gasteiger partial charge in [0, 0.05) is 74.9 Å². The third kappa shape index (κ3) is 7.97.